The molecule has 1 N–H and O–H groups in total. The van der Waals surface area contributed by atoms with Crippen molar-refractivity contribution in [2.45, 2.75) is 32.1 Å². The lowest BCUT2D eigenvalue weighted by atomic mass is 10.1. The van der Waals surface area contributed by atoms with Gasteiger partial charge in [-0.05, 0) is 19.3 Å². The fourth-order valence-corrected chi connectivity index (χ4v) is 2.20. The molecule has 2 rings (SSSR count). The van der Waals surface area contributed by atoms with Crippen LogP contribution in [0.25, 0.3) is 0 Å². The van der Waals surface area contributed by atoms with Crippen LogP contribution in [0.15, 0.2) is 12.4 Å². The number of carbonyl (C=O) groups excluding carboxylic acids is 2. The van der Waals surface area contributed by atoms with E-state index in [-0.39, 0.29) is 11.8 Å². The van der Waals surface area contributed by atoms with Gasteiger partial charge in [0.15, 0.2) is 0 Å². The molecule has 0 aromatic carbocycles. The van der Waals surface area contributed by atoms with E-state index in [1.165, 1.54) is 0 Å². The number of rotatable bonds is 5. The highest BCUT2D eigenvalue weighted by atomic mass is 16.2. The number of imidazole rings is 1. The van der Waals surface area contributed by atoms with E-state index in [0.29, 0.717) is 31.8 Å². The van der Waals surface area contributed by atoms with Crippen LogP contribution in [0.1, 0.15) is 32.1 Å². The van der Waals surface area contributed by atoms with Crippen LogP contribution in [0, 0.1) is 0 Å². The Balaban J connectivity index is 1.69. The minimum absolute atomic E-state index is 0.0567. The predicted octanol–water partition coefficient (Wildman–Crippen LogP) is 1.15. The largest absolute Gasteiger partial charge is 0.343 e. The molecule has 2 heterocycles. The number of anilines is 1. The second kappa shape index (κ2) is 6.36. The van der Waals surface area contributed by atoms with Crippen LogP contribution in [0.4, 0.5) is 5.95 Å². The minimum atomic E-state index is -0.0567. The molecule has 0 spiro atoms. The highest BCUT2D eigenvalue weighted by Crippen LogP contribution is 2.11. The van der Waals surface area contributed by atoms with Crippen molar-refractivity contribution in [3.05, 3.63) is 12.4 Å². The summed E-state index contributed by atoms with van der Waals surface area (Å²) in [5, 5.41) is 2.75. The third kappa shape index (κ3) is 3.81. The summed E-state index contributed by atoms with van der Waals surface area (Å²) in [4.78, 5) is 29.2. The summed E-state index contributed by atoms with van der Waals surface area (Å²) in [5.41, 5.74) is 0. The molecule has 0 bridgehead atoms. The fourth-order valence-electron chi connectivity index (χ4n) is 2.20. The minimum Gasteiger partial charge on any atom is -0.343 e. The Hall–Kier alpha value is -1.85. The smallest absolute Gasteiger partial charge is 0.226 e. The average molecular weight is 264 g/mol. The first-order chi connectivity index (χ1) is 9.16. The molecule has 6 nitrogen and oxygen atoms in total. The van der Waals surface area contributed by atoms with Crippen molar-refractivity contribution in [1.29, 1.82) is 0 Å². The van der Waals surface area contributed by atoms with Gasteiger partial charge in [0.25, 0.3) is 0 Å². The number of aromatic nitrogens is 2. The second-order valence-corrected chi connectivity index (χ2v) is 4.85. The monoisotopic (exact) mass is 264 g/mol. The zero-order chi connectivity index (χ0) is 13.7. The van der Waals surface area contributed by atoms with Crippen LogP contribution in [0.5, 0.6) is 0 Å². The van der Waals surface area contributed by atoms with E-state index in [4.69, 9.17) is 0 Å². The number of nitrogens with zero attached hydrogens (tertiary/aromatic N) is 3. The molecule has 2 amide bonds. The first-order valence-corrected chi connectivity index (χ1v) is 6.72. The van der Waals surface area contributed by atoms with Crippen molar-refractivity contribution >= 4 is 17.8 Å². The topological polar surface area (TPSA) is 67.2 Å². The molecule has 0 unspecified atom stereocenters. The number of likely N-dealkylation sites (tertiary alicyclic amines) is 1. The molecule has 1 aliphatic heterocycles. The molecule has 1 aromatic rings. The van der Waals surface area contributed by atoms with Gasteiger partial charge in [-0.2, -0.15) is 0 Å². The van der Waals surface area contributed by atoms with E-state index < -0.39 is 0 Å². The first kappa shape index (κ1) is 13.6. The number of amides is 2. The Labute approximate surface area is 112 Å². The summed E-state index contributed by atoms with van der Waals surface area (Å²) >= 11 is 0. The Bertz CT molecular complexity index is 455. The van der Waals surface area contributed by atoms with Gasteiger partial charge in [-0.3, -0.25) is 14.9 Å². The Kier molecular flexibility index (Phi) is 4.54. The molecule has 0 radical (unpaired) electrons. The van der Waals surface area contributed by atoms with Gasteiger partial charge in [0.1, 0.15) is 0 Å². The van der Waals surface area contributed by atoms with Crippen LogP contribution in [-0.4, -0.2) is 39.4 Å². The van der Waals surface area contributed by atoms with Gasteiger partial charge in [0.05, 0.1) is 0 Å². The summed E-state index contributed by atoms with van der Waals surface area (Å²) in [5.74, 6) is 0.716. The predicted molar refractivity (Wildman–Crippen MR) is 71.5 cm³/mol. The number of hydrogen-bond donors (Lipinski definition) is 1. The normalized spacial score (nSPS) is 15.6. The summed E-state index contributed by atoms with van der Waals surface area (Å²) in [6.07, 6.45) is 7.25. The maximum atomic E-state index is 11.7. The Morgan fingerprint density at radius 2 is 2.32 bits per heavy atom. The van der Waals surface area contributed by atoms with E-state index in [0.717, 1.165) is 19.4 Å². The molecule has 1 aliphatic rings. The quantitative estimate of drug-likeness (QED) is 0.867. The van der Waals surface area contributed by atoms with Gasteiger partial charge in [0.2, 0.25) is 17.8 Å². The van der Waals surface area contributed by atoms with Gasteiger partial charge >= 0.3 is 0 Å². The van der Waals surface area contributed by atoms with Crippen molar-refractivity contribution < 1.29 is 9.59 Å². The van der Waals surface area contributed by atoms with Crippen molar-refractivity contribution in [1.82, 2.24) is 14.5 Å². The first-order valence-electron chi connectivity index (χ1n) is 6.72. The lowest BCUT2D eigenvalue weighted by Gasteiger charge is -2.26. The molecule has 1 aromatic heterocycles. The summed E-state index contributed by atoms with van der Waals surface area (Å²) < 4.78 is 1.76. The third-order valence-corrected chi connectivity index (χ3v) is 3.33. The van der Waals surface area contributed by atoms with Gasteiger partial charge in [-0.15, -0.1) is 0 Å². The zero-order valence-electron chi connectivity index (χ0n) is 11.3. The fraction of sp³-hybridized carbons (Fsp3) is 0.615. The van der Waals surface area contributed by atoms with Crippen molar-refractivity contribution in [3.63, 3.8) is 0 Å². The number of piperidine rings is 1. The molecule has 0 saturated carbocycles. The van der Waals surface area contributed by atoms with Crippen LogP contribution >= 0.6 is 0 Å². The third-order valence-electron chi connectivity index (χ3n) is 3.33. The average Bonchev–Trinajstić information content (AvgIpc) is 2.77. The maximum Gasteiger partial charge on any atom is 0.226 e. The maximum absolute atomic E-state index is 11.7. The molecular formula is C13H20N4O2. The highest BCUT2D eigenvalue weighted by molar-refractivity contribution is 5.89. The summed E-state index contributed by atoms with van der Waals surface area (Å²) in [7, 11) is 1.83. The van der Waals surface area contributed by atoms with Crippen molar-refractivity contribution in [3.8, 4) is 0 Å². The zero-order valence-corrected chi connectivity index (χ0v) is 11.3. The summed E-state index contributed by atoms with van der Waals surface area (Å²) in [6, 6.07) is 0. The molecular weight excluding hydrogens is 244 g/mol. The van der Waals surface area contributed by atoms with Crippen molar-refractivity contribution in [2.24, 2.45) is 7.05 Å². The molecule has 1 saturated heterocycles. The van der Waals surface area contributed by atoms with Crippen molar-refractivity contribution in [2.75, 3.05) is 18.4 Å². The number of aryl methyl sites for hydroxylation is 1. The SMILES string of the molecule is Cn1ccnc1NC(=O)CCCN1CCCCC1=O. The summed E-state index contributed by atoms with van der Waals surface area (Å²) in [6.45, 7) is 1.51. The molecule has 1 fully saturated rings. The lowest BCUT2D eigenvalue weighted by molar-refractivity contribution is -0.133. The van der Waals surface area contributed by atoms with E-state index >= 15 is 0 Å². The van der Waals surface area contributed by atoms with Crippen LogP contribution in [0.2, 0.25) is 0 Å². The second-order valence-electron chi connectivity index (χ2n) is 4.85. The highest BCUT2D eigenvalue weighted by Gasteiger charge is 2.17. The van der Waals surface area contributed by atoms with Gasteiger partial charge < -0.3 is 9.47 Å². The van der Waals surface area contributed by atoms with Gasteiger partial charge in [0, 0.05) is 45.4 Å². The van der Waals surface area contributed by atoms with Crippen LogP contribution < -0.4 is 5.32 Å². The Morgan fingerprint density at radius 1 is 1.47 bits per heavy atom. The van der Waals surface area contributed by atoms with E-state index in [9.17, 15) is 9.59 Å². The molecule has 0 atom stereocenters. The van der Waals surface area contributed by atoms with E-state index in [1.54, 1.807) is 17.0 Å². The van der Waals surface area contributed by atoms with Gasteiger partial charge in [-0.25, -0.2) is 4.98 Å². The van der Waals surface area contributed by atoms with Crippen LogP contribution in [-0.2, 0) is 16.6 Å². The Morgan fingerprint density at radius 3 is 3.00 bits per heavy atom. The molecule has 19 heavy (non-hydrogen) atoms. The van der Waals surface area contributed by atoms with E-state index in [1.807, 2.05) is 11.9 Å². The van der Waals surface area contributed by atoms with E-state index in [2.05, 4.69) is 10.3 Å². The number of carbonyl (C=O) groups is 2. The molecule has 0 aliphatic carbocycles. The molecule has 6 heteroatoms. The number of nitrogens with one attached hydrogen (secondary N) is 1. The standard InChI is InChI=1S/C13H20N4O2/c1-16-10-7-14-13(16)15-11(18)5-4-9-17-8-3-2-6-12(17)19/h7,10H,2-6,8-9H2,1H3,(H,14,15,18). The van der Waals surface area contributed by atoms with Crippen LogP contribution in [0.3, 0.4) is 0 Å². The lowest BCUT2D eigenvalue weighted by Crippen LogP contribution is -2.36. The van der Waals surface area contributed by atoms with Gasteiger partial charge in [-0.1, -0.05) is 0 Å². The number of hydrogen-bond acceptors (Lipinski definition) is 3. The molecule has 104 valence electrons.